The number of oxazole rings is 1. The average Bonchev–Trinajstić information content (AvgIpc) is 3.24. The molecule has 3 heterocycles. The Kier molecular flexibility index (Phi) is 5.82. The van der Waals surface area contributed by atoms with Crippen LogP contribution in [0.1, 0.15) is 46.5 Å². The first-order valence-corrected chi connectivity index (χ1v) is 10.5. The summed E-state index contributed by atoms with van der Waals surface area (Å²) in [6.07, 6.45) is 3.95. The molecule has 3 aromatic rings. The van der Waals surface area contributed by atoms with Gasteiger partial charge in [0.25, 0.3) is 11.5 Å². The van der Waals surface area contributed by atoms with Crippen molar-refractivity contribution >= 4 is 17.5 Å². The third-order valence-electron chi connectivity index (χ3n) is 5.67. The van der Waals surface area contributed by atoms with Gasteiger partial charge in [0.1, 0.15) is 11.5 Å². The van der Waals surface area contributed by atoms with Crippen LogP contribution in [-0.4, -0.2) is 38.0 Å². The van der Waals surface area contributed by atoms with Crippen LogP contribution in [0.4, 0.5) is 0 Å². The standard InChI is InChI=1S/C22H23ClN4O4/c1-25-18(11-19(28)26(2)22(25)30)21(29)27-9-3-4-15(13-27)20-24-12-17(31-20)10-14-5-7-16(23)8-6-14/h5-8,11-12,15H,3-4,9-10,13H2,1-2H3/t15-/m0/s1. The van der Waals surface area contributed by atoms with Crippen LogP contribution in [0, 0.1) is 0 Å². The number of halogens is 1. The highest BCUT2D eigenvalue weighted by atomic mass is 35.5. The van der Waals surface area contributed by atoms with E-state index in [0.29, 0.717) is 30.4 Å². The molecule has 0 spiro atoms. The van der Waals surface area contributed by atoms with E-state index in [-0.39, 0.29) is 17.5 Å². The lowest BCUT2D eigenvalue weighted by atomic mass is 9.97. The minimum Gasteiger partial charge on any atom is -0.445 e. The molecule has 4 rings (SSSR count). The third-order valence-corrected chi connectivity index (χ3v) is 5.92. The number of carbonyl (C=O) groups is 1. The van der Waals surface area contributed by atoms with Crippen LogP contribution in [0.3, 0.4) is 0 Å². The van der Waals surface area contributed by atoms with Crippen LogP contribution >= 0.6 is 11.6 Å². The molecule has 0 radical (unpaired) electrons. The van der Waals surface area contributed by atoms with Crippen LogP contribution in [0.2, 0.25) is 5.02 Å². The van der Waals surface area contributed by atoms with E-state index in [2.05, 4.69) is 4.98 Å². The number of carbonyl (C=O) groups excluding carboxylic acids is 1. The van der Waals surface area contributed by atoms with Crippen molar-refractivity contribution in [2.75, 3.05) is 13.1 Å². The van der Waals surface area contributed by atoms with E-state index >= 15 is 0 Å². The van der Waals surface area contributed by atoms with Gasteiger partial charge in [-0.1, -0.05) is 23.7 Å². The maximum absolute atomic E-state index is 13.0. The fraction of sp³-hybridized carbons (Fsp3) is 0.364. The highest BCUT2D eigenvalue weighted by Crippen LogP contribution is 2.28. The molecule has 31 heavy (non-hydrogen) atoms. The summed E-state index contributed by atoms with van der Waals surface area (Å²) in [6, 6.07) is 8.77. The van der Waals surface area contributed by atoms with Gasteiger partial charge in [-0.3, -0.25) is 18.7 Å². The number of amides is 1. The molecular formula is C22H23ClN4O4. The Hall–Kier alpha value is -3.13. The number of rotatable bonds is 4. The summed E-state index contributed by atoms with van der Waals surface area (Å²) in [5.41, 5.74) is 0.132. The molecule has 1 saturated heterocycles. The smallest absolute Gasteiger partial charge is 0.331 e. The van der Waals surface area contributed by atoms with Gasteiger partial charge in [0.15, 0.2) is 5.89 Å². The molecule has 1 amide bonds. The van der Waals surface area contributed by atoms with Gasteiger partial charge in [-0.2, -0.15) is 0 Å². The van der Waals surface area contributed by atoms with Crippen LogP contribution in [0.5, 0.6) is 0 Å². The first kappa shape index (κ1) is 21.1. The predicted octanol–water partition coefficient (Wildman–Crippen LogP) is 2.34. The quantitative estimate of drug-likeness (QED) is 0.618. The lowest BCUT2D eigenvalue weighted by Crippen LogP contribution is -2.44. The Labute approximate surface area is 183 Å². The Bertz CT molecular complexity index is 1230. The minimum atomic E-state index is -0.524. The van der Waals surface area contributed by atoms with Crippen LogP contribution in [0.15, 0.2) is 50.5 Å². The van der Waals surface area contributed by atoms with Crippen molar-refractivity contribution in [2.24, 2.45) is 14.1 Å². The van der Waals surface area contributed by atoms with Crippen molar-refractivity contribution < 1.29 is 9.21 Å². The first-order valence-electron chi connectivity index (χ1n) is 10.1. The van der Waals surface area contributed by atoms with Crippen LogP contribution < -0.4 is 11.2 Å². The van der Waals surface area contributed by atoms with E-state index in [1.165, 1.54) is 24.7 Å². The highest BCUT2D eigenvalue weighted by molar-refractivity contribution is 6.30. The van der Waals surface area contributed by atoms with Crippen molar-refractivity contribution in [1.82, 2.24) is 19.0 Å². The van der Waals surface area contributed by atoms with Gasteiger partial charge in [0, 0.05) is 44.7 Å². The van der Waals surface area contributed by atoms with Gasteiger partial charge in [-0.25, -0.2) is 9.78 Å². The van der Waals surface area contributed by atoms with E-state index in [4.69, 9.17) is 16.0 Å². The molecule has 8 nitrogen and oxygen atoms in total. The number of hydrogen-bond acceptors (Lipinski definition) is 5. The second-order valence-corrected chi connectivity index (χ2v) is 8.26. The number of nitrogens with zero attached hydrogens (tertiary/aromatic N) is 4. The molecule has 1 aromatic carbocycles. The molecule has 9 heteroatoms. The molecule has 162 valence electrons. The lowest BCUT2D eigenvalue weighted by Gasteiger charge is -2.31. The van der Waals surface area contributed by atoms with Gasteiger partial charge in [0.2, 0.25) is 0 Å². The van der Waals surface area contributed by atoms with E-state index in [9.17, 15) is 14.4 Å². The highest BCUT2D eigenvalue weighted by Gasteiger charge is 2.29. The fourth-order valence-electron chi connectivity index (χ4n) is 3.86. The average molecular weight is 443 g/mol. The molecule has 0 N–H and O–H groups in total. The van der Waals surface area contributed by atoms with E-state index in [1.807, 2.05) is 24.3 Å². The summed E-state index contributed by atoms with van der Waals surface area (Å²) in [4.78, 5) is 43.3. The Balaban J connectivity index is 1.50. The molecule has 1 aliphatic heterocycles. The molecule has 0 unspecified atom stereocenters. The molecule has 1 aliphatic rings. The summed E-state index contributed by atoms with van der Waals surface area (Å²) in [7, 11) is 2.88. The summed E-state index contributed by atoms with van der Waals surface area (Å²) < 4.78 is 8.17. The summed E-state index contributed by atoms with van der Waals surface area (Å²) >= 11 is 5.93. The lowest BCUT2D eigenvalue weighted by molar-refractivity contribution is 0.0685. The predicted molar refractivity (Wildman–Crippen MR) is 116 cm³/mol. The normalized spacial score (nSPS) is 16.5. The number of piperidine rings is 1. The van der Waals surface area contributed by atoms with Crippen molar-refractivity contribution in [3.05, 3.63) is 85.3 Å². The molecule has 1 fully saturated rings. The number of aromatic nitrogens is 3. The van der Waals surface area contributed by atoms with Gasteiger partial charge < -0.3 is 9.32 Å². The molecule has 0 bridgehead atoms. The first-order chi connectivity index (χ1) is 14.8. The third kappa shape index (κ3) is 4.34. The molecular weight excluding hydrogens is 420 g/mol. The van der Waals surface area contributed by atoms with Crippen LogP contribution in [-0.2, 0) is 20.5 Å². The Morgan fingerprint density at radius 1 is 1.19 bits per heavy atom. The molecule has 0 aliphatic carbocycles. The van der Waals surface area contributed by atoms with E-state index < -0.39 is 11.2 Å². The van der Waals surface area contributed by atoms with Crippen molar-refractivity contribution in [3.63, 3.8) is 0 Å². The number of likely N-dealkylation sites (tertiary alicyclic amines) is 1. The maximum Gasteiger partial charge on any atom is 0.331 e. The maximum atomic E-state index is 13.0. The van der Waals surface area contributed by atoms with E-state index in [0.717, 1.165) is 28.7 Å². The van der Waals surface area contributed by atoms with Crippen LogP contribution in [0.25, 0.3) is 0 Å². The zero-order valence-corrected chi connectivity index (χ0v) is 18.1. The van der Waals surface area contributed by atoms with E-state index in [1.54, 1.807) is 11.1 Å². The fourth-order valence-corrected chi connectivity index (χ4v) is 3.99. The van der Waals surface area contributed by atoms with Gasteiger partial charge >= 0.3 is 5.69 Å². The molecule has 2 aromatic heterocycles. The number of benzene rings is 1. The zero-order chi connectivity index (χ0) is 22.1. The zero-order valence-electron chi connectivity index (χ0n) is 17.4. The molecule has 0 saturated carbocycles. The van der Waals surface area contributed by atoms with Crippen molar-refractivity contribution in [2.45, 2.75) is 25.2 Å². The topological polar surface area (TPSA) is 90.3 Å². The summed E-state index contributed by atoms with van der Waals surface area (Å²) in [5.74, 6) is 0.962. The second-order valence-electron chi connectivity index (χ2n) is 7.83. The number of hydrogen-bond donors (Lipinski definition) is 0. The van der Waals surface area contributed by atoms with Gasteiger partial charge in [0.05, 0.1) is 12.1 Å². The largest absolute Gasteiger partial charge is 0.445 e. The minimum absolute atomic E-state index is 0.0414. The van der Waals surface area contributed by atoms with Gasteiger partial charge in [-0.15, -0.1) is 0 Å². The summed E-state index contributed by atoms with van der Waals surface area (Å²) in [6.45, 7) is 0.972. The van der Waals surface area contributed by atoms with Gasteiger partial charge in [-0.05, 0) is 30.5 Å². The van der Waals surface area contributed by atoms with Crippen molar-refractivity contribution in [1.29, 1.82) is 0 Å². The Morgan fingerprint density at radius 2 is 1.94 bits per heavy atom. The molecule has 1 atom stereocenters. The summed E-state index contributed by atoms with van der Waals surface area (Å²) in [5, 5.41) is 0.683. The second kappa shape index (κ2) is 8.55. The SMILES string of the molecule is Cn1c(C(=O)N2CCC[C@H](c3ncc(Cc4ccc(Cl)cc4)o3)C2)cc(=O)n(C)c1=O. The monoisotopic (exact) mass is 442 g/mol. The Morgan fingerprint density at radius 3 is 2.68 bits per heavy atom. The van der Waals surface area contributed by atoms with Crippen molar-refractivity contribution in [3.8, 4) is 0 Å².